The van der Waals surface area contributed by atoms with Crippen LogP contribution in [0.5, 0.6) is 5.75 Å². The number of amides is 1. The minimum absolute atomic E-state index is 0.0156. The number of rotatable bonds is 5. The number of carbonyl (C=O) groups excluding carboxylic acids is 1. The molecule has 5 heteroatoms. The number of hydrogen-bond donors (Lipinski definition) is 1. The van der Waals surface area contributed by atoms with Gasteiger partial charge in [-0.3, -0.25) is 9.59 Å². The first-order chi connectivity index (χ1) is 11.0. The minimum Gasteiger partial charge on any atom is -0.496 e. The second-order valence-corrected chi connectivity index (χ2v) is 6.26. The number of methoxy groups -OCH3 is 1. The van der Waals surface area contributed by atoms with E-state index in [9.17, 15) is 14.7 Å². The molecular weight excluding hydrogens is 294 g/mol. The summed E-state index contributed by atoms with van der Waals surface area (Å²) in [4.78, 5) is 25.7. The Bertz CT molecular complexity index is 572. The molecule has 1 heterocycles. The lowest BCUT2D eigenvalue weighted by Crippen LogP contribution is -2.49. The van der Waals surface area contributed by atoms with Crippen molar-refractivity contribution in [2.75, 3.05) is 13.7 Å². The van der Waals surface area contributed by atoms with E-state index in [0.717, 1.165) is 17.7 Å². The lowest BCUT2D eigenvalue weighted by atomic mass is 9.89. The number of piperidine rings is 1. The Kier molecular flexibility index (Phi) is 5.64. The topological polar surface area (TPSA) is 66.8 Å². The van der Waals surface area contributed by atoms with Crippen LogP contribution in [0.4, 0.5) is 0 Å². The van der Waals surface area contributed by atoms with E-state index in [1.165, 1.54) is 0 Å². The number of hydrogen-bond acceptors (Lipinski definition) is 3. The molecule has 1 amide bonds. The Morgan fingerprint density at radius 2 is 2.09 bits per heavy atom. The van der Waals surface area contributed by atoms with E-state index in [4.69, 9.17) is 4.74 Å². The van der Waals surface area contributed by atoms with E-state index in [0.29, 0.717) is 19.4 Å². The highest BCUT2D eigenvalue weighted by molar-refractivity contribution is 5.79. The van der Waals surface area contributed by atoms with Crippen LogP contribution in [-0.4, -0.2) is 41.6 Å². The van der Waals surface area contributed by atoms with Gasteiger partial charge in [-0.25, -0.2) is 0 Å². The summed E-state index contributed by atoms with van der Waals surface area (Å²) in [7, 11) is 1.62. The normalized spacial score (nSPS) is 22.5. The molecule has 1 saturated heterocycles. The van der Waals surface area contributed by atoms with Crippen LogP contribution >= 0.6 is 0 Å². The van der Waals surface area contributed by atoms with Gasteiger partial charge in [0.15, 0.2) is 0 Å². The minimum atomic E-state index is -0.812. The second-order valence-electron chi connectivity index (χ2n) is 6.26. The summed E-state index contributed by atoms with van der Waals surface area (Å²) in [5.41, 5.74) is 1.00. The van der Waals surface area contributed by atoms with Gasteiger partial charge in [0.2, 0.25) is 5.91 Å². The third-order valence-corrected chi connectivity index (χ3v) is 4.78. The van der Waals surface area contributed by atoms with Crippen LogP contribution in [0.1, 0.15) is 44.6 Å². The monoisotopic (exact) mass is 319 g/mol. The van der Waals surface area contributed by atoms with Gasteiger partial charge in [-0.15, -0.1) is 0 Å². The third kappa shape index (κ3) is 3.84. The molecule has 23 heavy (non-hydrogen) atoms. The number of nitrogens with zero attached hydrogens (tertiary/aromatic N) is 1. The molecule has 0 bridgehead atoms. The first kappa shape index (κ1) is 17.3. The van der Waals surface area contributed by atoms with Gasteiger partial charge in [0, 0.05) is 19.0 Å². The summed E-state index contributed by atoms with van der Waals surface area (Å²) < 4.78 is 5.36. The zero-order valence-electron chi connectivity index (χ0n) is 14.0. The Labute approximate surface area is 137 Å². The van der Waals surface area contributed by atoms with Crippen LogP contribution in [0.2, 0.25) is 0 Å². The predicted octanol–water partition coefficient (Wildman–Crippen LogP) is 2.90. The Morgan fingerprint density at radius 3 is 2.74 bits per heavy atom. The van der Waals surface area contributed by atoms with E-state index in [2.05, 4.69) is 0 Å². The van der Waals surface area contributed by atoms with E-state index in [1.807, 2.05) is 38.1 Å². The lowest BCUT2D eigenvalue weighted by molar-refractivity contribution is -0.149. The lowest BCUT2D eigenvalue weighted by Gasteiger charge is -2.38. The number of carboxylic acid groups (broad SMARTS) is 1. The predicted molar refractivity (Wildman–Crippen MR) is 87.6 cm³/mol. The van der Waals surface area contributed by atoms with Crippen molar-refractivity contribution in [1.82, 2.24) is 4.90 Å². The highest BCUT2D eigenvalue weighted by Gasteiger charge is 2.35. The number of para-hydroxylation sites is 1. The van der Waals surface area contributed by atoms with Crippen molar-refractivity contribution < 1.29 is 19.4 Å². The van der Waals surface area contributed by atoms with Crippen molar-refractivity contribution >= 4 is 11.9 Å². The Morgan fingerprint density at radius 1 is 1.39 bits per heavy atom. The van der Waals surface area contributed by atoms with Crippen LogP contribution in [0.3, 0.4) is 0 Å². The van der Waals surface area contributed by atoms with E-state index < -0.39 is 11.9 Å². The highest BCUT2D eigenvalue weighted by Crippen LogP contribution is 2.31. The standard InChI is InChI=1S/C18H25NO4/c1-12(14-7-4-5-9-16(14)23-3)11-17(20)19-10-6-8-15(13(19)2)18(21)22/h4-5,7,9,12-13,15H,6,8,10-11H2,1-3H3,(H,21,22)/t12?,13-,15-/m0/s1. The van der Waals surface area contributed by atoms with Crippen molar-refractivity contribution in [3.05, 3.63) is 29.8 Å². The number of likely N-dealkylation sites (tertiary alicyclic amines) is 1. The van der Waals surface area contributed by atoms with Gasteiger partial charge >= 0.3 is 5.97 Å². The van der Waals surface area contributed by atoms with Crippen molar-refractivity contribution in [3.63, 3.8) is 0 Å². The van der Waals surface area contributed by atoms with E-state index >= 15 is 0 Å². The summed E-state index contributed by atoms with van der Waals surface area (Å²) in [6.45, 7) is 4.48. The maximum absolute atomic E-state index is 12.7. The molecule has 126 valence electrons. The fourth-order valence-corrected chi connectivity index (χ4v) is 3.39. The largest absolute Gasteiger partial charge is 0.496 e. The first-order valence-corrected chi connectivity index (χ1v) is 8.11. The third-order valence-electron chi connectivity index (χ3n) is 4.78. The summed E-state index contributed by atoms with van der Waals surface area (Å²) in [5.74, 6) is -0.456. The van der Waals surface area contributed by atoms with Crippen molar-refractivity contribution in [2.45, 2.75) is 45.1 Å². The molecule has 0 aliphatic carbocycles. The van der Waals surface area contributed by atoms with Gasteiger partial charge in [-0.1, -0.05) is 25.1 Å². The van der Waals surface area contributed by atoms with E-state index in [1.54, 1.807) is 12.0 Å². The van der Waals surface area contributed by atoms with Gasteiger partial charge in [-0.2, -0.15) is 0 Å². The Balaban J connectivity index is 2.07. The van der Waals surface area contributed by atoms with Crippen molar-refractivity contribution in [2.24, 2.45) is 5.92 Å². The van der Waals surface area contributed by atoms with Gasteiger partial charge in [0.25, 0.3) is 0 Å². The second kappa shape index (κ2) is 7.49. The summed E-state index contributed by atoms with van der Waals surface area (Å²) in [6, 6.07) is 7.44. The number of benzene rings is 1. The molecule has 0 aromatic heterocycles. The molecule has 2 rings (SSSR count). The molecule has 0 radical (unpaired) electrons. The number of ether oxygens (including phenoxy) is 1. The summed E-state index contributed by atoms with van der Waals surface area (Å²) in [6.07, 6.45) is 1.75. The fourth-order valence-electron chi connectivity index (χ4n) is 3.39. The van der Waals surface area contributed by atoms with Gasteiger partial charge < -0.3 is 14.7 Å². The molecule has 0 saturated carbocycles. The molecule has 1 aliphatic rings. The SMILES string of the molecule is COc1ccccc1C(C)CC(=O)N1CCC[C@H](C(=O)O)[C@@H]1C. The fraction of sp³-hybridized carbons (Fsp3) is 0.556. The van der Waals surface area contributed by atoms with Crippen LogP contribution in [0.15, 0.2) is 24.3 Å². The maximum Gasteiger partial charge on any atom is 0.308 e. The van der Waals surface area contributed by atoms with Gasteiger partial charge in [0.05, 0.1) is 13.0 Å². The average molecular weight is 319 g/mol. The number of aliphatic carboxylic acids is 1. The molecule has 1 aromatic rings. The number of carboxylic acids is 1. The molecular formula is C18H25NO4. The maximum atomic E-state index is 12.7. The van der Waals surface area contributed by atoms with Crippen LogP contribution in [0, 0.1) is 5.92 Å². The Hall–Kier alpha value is -2.04. The van der Waals surface area contributed by atoms with E-state index in [-0.39, 0.29) is 17.9 Å². The zero-order valence-corrected chi connectivity index (χ0v) is 14.0. The van der Waals surface area contributed by atoms with Crippen LogP contribution in [-0.2, 0) is 9.59 Å². The quantitative estimate of drug-likeness (QED) is 0.906. The summed E-state index contributed by atoms with van der Waals surface area (Å²) >= 11 is 0. The molecule has 1 unspecified atom stereocenters. The molecule has 1 aromatic carbocycles. The number of carbonyl (C=O) groups is 2. The van der Waals surface area contributed by atoms with Crippen molar-refractivity contribution in [1.29, 1.82) is 0 Å². The average Bonchev–Trinajstić information content (AvgIpc) is 2.54. The van der Waals surface area contributed by atoms with Gasteiger partial charge in [-0.05, 0) is 37.3 Å². The molecule has 1 fully saturated rings. The molecule has 1 aliphatic heterocycles. The molecule has 0 spiro atoms. The smallest absolute Gasteiger partial charge is 0.308 e. The highest BCUT2D eigenvalue weighted by atomic mass is 16.5. The zero-order chi connectivity index (χ0) is 17.0. The van der Waals surface area contributed by atoms with Gasteiger partial charge in [0.1, 0.15) is 5.75 Å². The van der Waals surface area contributed by atoms with Crippen molar-refractivity contribution in [3.8, 4) is 5.75 Å². The molecule has 3 atom stereocenters. The molecule has 5 nitrogen and oxygen atoms in total. The van der Waals surface area contributed by atoms with Crippen LogP contribution < -0.4 is 4.74 Å². The summed E-state index contributed by atoms with van der Waals surface area (Å²) in [5, 5.41) is 9.28. The first-order valence-electron chi connectivity index (χ1n) is 8.11. The molecule has 1 N–H and O–H groups in total. The van der Waals surface area contributed by atoms with Crippen LogP contribution in [0.25, 0.3) is 0 Å².